The zero-order valence-corrected chi connectivity index (χ0v) is 8.06. The van der Waals surface area contributed by atoms with Crippen molar-refractivity contribution in [2.75, 3.05) is 0 Å². The molecular weight excluding hydrogens is 184 g/mol. The van der Waals surface area contributed by atoms with E-state index < -0.39 is 11.5 Å². The average molecular weight is 197 g/mol. The highest BCUT2D eigenvalue weighted by atomic mass is 19.3. The molecule has 1 fully saturated rings. The normalized spacial score (nSPS) is 28.9. The molecule has 0 spiro atoms. The van der Waals surface area contributed by atoms with Crippen LogP contribution in [0.25, 0.3) is 0 Å². The Morgan fingerprint density at radius 3 is 2.43 bits per heavy atom. The fourth-order valence-corrected chi connectivity index (χ4v) is 1.86. The molecule has 1 unspecified atom stereocenters. The van der Waals surface area contributed by atoms with Crippen LogP contribution in [0.3, 0.4) is 0 Å². The Hall–Kier alpha value is -0.960. The first kappa shape index (κ1) is 9.59. The first-order chi connectivity index (χ1) is 6.51. The Morgan fingerprint density at radius 2 is 1.93 bits per heavy atom. The van der Waals surface area contributed by atoms with Crippen LogP contribution in [0.5, 0.6) is 0 Å². The summed E-state index contributed by atoms with van der Waals surface area (Å²) in [4.78, 5) is 0. The largest absolute Gasteiger partial charge is 0.316 e. The lowest BCUT2D eigenvalue weighted by Crippen LogP contribution is -2.28. The fraction of sp³-hybridized carbons (Fsp3) is 0.455. The minimum Gasteiger partial charge on any atom is -0.316 e. The lowest BCUT2D eigenvalue weighted by molar-refractivity contribution is 0.0889. The highest BCUT2D eigenvalue weighted by Crippen LogP contribution is 2.58. The first-order valence-electron chi connectivity index (χ1n) is 4.76. The van der Waals surface area contributed by atoms with Crippen LogP contribution in [0, 0.1) is 0 Å². The summed E-state index contributed by atoms with van der Waals surface area (Å²) in [6.07, 6.45) is 0.516. The second kappa shape index (κ2) is 2.76. The maximum atomic E-state index is 13.1. The van der Waals surface area contributed by atoms with Gasteiger partial charge < -0.3 is 5.73 Å². The highest BCUT2D eigenvalue weighted by molar-refractivity contribution is 5.41. The van der Waals surface area contributed by atoms with Crippen molar-refractivity contribution in [3.63, 3.8) is 0 Å². The Morgan fingerprint density at radius 1 is 1.36 bits per heavy atom. The molecule has 0 bridgehead atoms. The van der Waals surface area contributed by atoms with Crippen molar-refractivity contribution in [2.24, 2.45) is 5.73 Å². The second-order valence-electron chi connectivity index (χ2n) is 3.86. The van der Waals surface area contributed by atoms with Gasteiger partial charge in [-0.05, 0) is 17.5 Å². The van der Waals surface area contributed by atoms with Crippen molar-refractivity contribution in [2.45, 2.75) is 31.2 Å². The van der Waals surface area contributed by atoms with E-state index in [2.05, 4.69) is 0 Å². The number of hydrogen-bond donors (Lipinski definition) is 1. The molecule has 1 saturated carbocycles. The van der Waals surface area contributed by atoms with Crippen LogP contribution >= 0.6 is 0 Å². The third-order valence-electron chi connectivity index (χ3n) is 2.91. The molecule has 0 saturated heterocycles. The van der Waals surface area contributed by atoms with Crippen LogP contribution in [0.2, 0.25) is 0 Å². The second-order valence-corrected chi connectivity index (χ2v) is 3.86. The van der Waals surface area contributed by atoms with Crippen molar-refractivity contribution in [3.8, 4) is 0 Å². The molecule has 0 amide bonds. The van der Waals surface area contributed by atoms with Gasteiger partial charge in [-0.15, -0.1) is 0 Å². The van der Waals surface area contributed by atoms with Gasteiger partial charge in [0.1, 0.15) is 5.54 Å². The van der Waals surface area contributed by atoms with E-state index in [0.717, 1.165) is 12.0 Å². The summed E-state index contributed by atoms with van der Waals surface area (Å²) in [5.74, 6) is -2.72. The van der Waals surface area contributed by atoms with Gasteiger partial charge >= 0.3 is 0 Å². The van der Waals surface area contributed by atoms with E-state index in [1.54, 1.807) is 12.1 Å². The third-order valence-corrected chi connectivity index (χ3v) is 2.91. The first-order valence-corrected chi connectivity index (χ1v) is 4.76. The van der Waals surface area contributed by atoms with E-state index >= 15 is 0 Å². The van der Waals surface area contributed by atoms with Gasteiger partial charge in [-0.1, -0.05) is 31.2 Å². The molecule has 1 nitrogen and oxygen atoms in total. The van der Waals surface area contributed by atoms with E-state index in [1.807, 2.05) is 19.1 Å². The van der Waals surface area contributed by atoms with Gasteiger partial charge in [0.2, 0.25) is 0 Å². The topological polar surface area (TPSA) is 26.0 Å². The van der Waals surface area contributed by atoms with Crippen molar-refractivity contribution < 1.29 is 8.78 Å². The summed E-state index contributed by atoms with van der Waals surface area (Å²) in [7, 11) is 0. The molecule has 1 aliphatic rings. The van der Waals surface area contributed by atoms with Crippen molar-refractivity contribution in [3.05, 3.63) is 35.4 Å². The standard InChI is InChI=1S/C11H13F2N/c1-2-8-5-3-4-6-9(8)10(14)7-11(10,12)13/h3-6H,2,7,14H2,1H3. The molecule has 0 aromatic heterocycles. The van der Waals surface area contributed by atoms with Crippen LogP contribution < -0.4 is 5.73 Å². The zero-order chi connectivity index (χ0) is 10.4. The maximum Gasteiger partial charge on any atom is 0.272 e. The van der Waals surface area contributed by atoms with Crippen molar-refractivity contribution >= 4 is 0 Å². The Labute approximate surface area is 81.9 Å². The van der Waals surface area contributed by atoms with E-state index in [1.165, 1.54) is 0 Å². The highest BCUT2D eigenvalue weighted by Gasteiger charge is 2.70. The predicted octanol–water partition coefficient (Wildman–Crippen LogP) is 2.44. The molecule has 14 heavy (non-hydrogen) atoms. The SMILES string of the molecule is CCc1ccccc1C1(N)CC1(F)F. The van der Waals surface area contributed by atoms with Gasteiger partial charge in [0.15, 0.2) is 0 Å². The van der Waals surface area contributed by atoms with Crippen LogP contribution in [0.4, 0.5) is 8.78 Å². The fourth-order valence-electron chi connectivity index (χ4n) is 1.86. The van der Waals surface area contributed by atoms with E-state index in [9.17, 15) is 8.78 Å². The number of hydrogen-bond acceptors (Lipinski definition) is 1. The predicted molar refractivity (Wildman–Crippen MR) is 51.2 cm³/mol. The molecule has 2 N–H and O–H groups in total. The molecule has 76 valence electrons. The van der Waals surface area contributed by atoms with Crippen LogP contribution in [0.1, 0.15) is 24.5 Å². The number of aryl methyl sites for hydroxylation is 1. The molecule has 2 rings (SSSR count). The van der Waals surface area contributed by atoms with Gasteiger partial charge in [0, 0.05) is 6.42 Å². The molecule has 1 aromatic rings. The molecule has 0 radical (unpaired) electrons. The number of rotatable bonds is 2. The number of nitrogens with two attached hydrogens (primary N) is 1. The minimum absolute atomic E-state index is 0.225. The summed E-state index contributed by atoms with van der Waals surface area (Å²) >= 11 is 0. The molecule has 1 atom stereocenters. The Kier molecular flexibility index (Phi) is 1.89. The molecule has 0 heterocycles. The van der Waals surface area contributed by atoms with E-state index in [0.29, 0.717) is 5.56 Å². The summed E-state index contributed by atoms with van der Waals surface area (Å²) in [5.41, 5.74) is 5.80. The van der Waals surface area contributed by atoms with Gasteiger partial charge in [0.25, 0.3) is 5.92 Å². The van der Waals surface area contributed by atoms with Crippen molar-refractivity contribution in [1.29, 1.82) is 0 Å². The van der Waals surface area contributed by atoms with Crippen LogP contribution in [-0.4, -0.2) is 5.92 Å². The van der Waals surface area contributed by atoms with Gasteiger partial charge in [-0.3, -0.25) is 0 Å². The number of benzene rings is 1. The summed E-state index contributed by atoms with van der Waals surface area (Å²) in [5, 5.41) is 0. The molecular formula is C11H13F2N. The Balaban J connectivity index is 2.43. The average Bonchev–Trinajstić information content (AvgIpc) is 2.67. The lowest BCUT2D eigenvalue weighted by Gasteiger charge is -2.14. The van der Waals surface area contributed by atoms with Gasteiger partial charge in [0.05, 0.1) is 0 Å². The van der Waals surface area contributed by atoms with Crippen LogP contribution in [-0.2, 0) is 12.0 Å². The summed E-state index contributed by atoms with van der Waals surface area (Å²) in [6.45, 7) is 1.95. The quantitative estimate of drug-likeness (QED) is 0.774. The lowest BCUT2D eigenvalue weighted by atomic mass is 9.97. The van der Waals surface area contributed by atoms with Crippen molar-refractivity contribution in [1.82, 2.24) is 0 Å². The maximum absolute atomic E-state index is 13.1. The molecule has 0 aliphatic heterocycles. The minimum atomic E-state index is -2.72. The Bertz CT molecular complexity index is 362. The van der Waals surface area contributed by atoms with E-state index in [-0.39, 0.29) is 6.42 Å². The number of halogens is 2. The molecule has 1 aliphatic carbocycles. The van der Waals surface area contributed by atoms with E-state index in [4.69, 9.17) is 5.73 Å². The summed E-state index contributed by atoms with van der Waals surface area (Å²) < 4.78 is 26.1. The monoisotopic (exact) mass is 197 g/mol. The molecule has 3 heteroatoms. The smallest absolute Gasteiger partial charge is 0.272 e. The number of alkyl halides is 2. The zero-order valence-electron chi connectivity index (χ0n) is 8.06. The van der Waals surface area contributed by atoms with Gasteiger partial charge in [-0.2, -0.15) is 0 Å². The van der Waals surface area contributed by atoms with Gasteiger partial charge in [-0.25, -0.2) is 8.78 Å². The molecule has 1 aromatic carbocycles. The van der Waals surface area contributed by atoms with Crippen LogP contribution in [0.15, 0.2) is 24.3 Å². The summed E-state index contributed by atoms with van der Waals surface area (Å²) in [6, 6.07) is 7.18. The third kappa shape index (κ3) is 1.16.